The molecule has 3 aromatic rings. The van der Waals surface area contributed by atoms with Crippen molar-refractivity contribution < 1.29 is 22.7 Å². The van der Waals surface area contributed by atoms with E-state index >= 15 is 0 Å². The van der Waals surface area contributed by atoms with Crippen LogP contribution in [0, 0.1) is 17.8 Å². The van der Waals surface area contributed by atoms with E-state index < -0.39 is 11.9 Å². The molecule has 0 spiro atoms. The van der Waals surface area contributed by atoms with Crippen molar-refractivity contribution in [3.8, 4) is 17.0 Å². The summed E-state index contributed by atoms with van der Waals surface area (Å²) < 4.78 is 48.0. The third-order valence-corrected chi connectivity index (χ3v) is 9.57. The molecule has 4 aliphatic carbocycles. The van der Waals surface area contributed by atoms with Gasteiger partial charge in [0, 0.05) is 43.3 Å². The van der Waals surface area contributed by atoms with Gasteiger partial charge in [0.25, 0.3) is 5.91 Å². The Balaban J connectivity index is 1.12. The third kappa shape index (κ3) is 4.27. The maximum atomic E-state index is 14.0. The first-order valence-corrected chi connectivity index (χ1v) is 13.9. The first-order valence-electron chi connectivity index (χ1n) is 13.9. The van der Waals surface area contributed by atoms with Crippen molar-refractivity contribution >= 4 is 11.6 Å². The topological polar surface area (TPSA) is 63.0 Å². The fourth-order valence-electron chi connectivity index (χ4n) is 8.19. The molecule has 39 heavy (non-hydrogen) atoms. The van der Waals surface area contributed by atoms with Crippen LogP contribution in [-0.4, -0.2) is 69.1 Å². The molecule has 8 rings (SSSR count). The number of aromatic nitrogens is 3. The van der Waals surface area contributed by atoms with Crippen molar-refractivity contribution in [1.82, 2.24) is 24.4 Å². The summed E-state index contributed by atoms with van der Waals surface area (Å²) in [5.41, 5.74) is -0.0336. The van der Waals surface area contributed by atoms with Gasteiger partial charge in [-0.05, 0) is 86.6 Å². The standard InChI is InChI=1S/C29H32F3N5O2/c1-39-22-4-2-21(3-5-22)23-13-25(29(30,31)32)37-26(33-23)14-24(34-37)27(38)35-6-8-36(9-7-35)28-15-18-10-19(16-28)12-20(11-18)17-28/h2-5,13-14,18-20H,6-12,15-17H2,1H3. The predicted molar refractivity (Wildman–Crippen MR) is 138 cm³/mol. The molecule has 0 N–H and O–H groups in total. The number of halogens is 3. The monoisotopic (exact) mass is 539 g/mol. The average Bonchev–Trinajstić information content (AvgIpc) is 3.35. The normalized spacial score (nSPS) is 28.8. The van der Waals surface area contributed by atoms with Crippen LogP contribution in [-0.2, 0) is 6.18 Å². The van der Waals surface area contributed by atoms with Gasteiger partial charge in [-0.25, -0.2) is 9.50 Å². The number of carbonyl (C=O) groups excluding carboxylic acids is 1. The molecular formula is C29H32F3N5O2. The number of nitrogens with zero attached hydrogens (tertiary/aromatic N) is 5. The van der Waals surface area contributed by atoms with E-state index in [1.807, 2.05) is 0 Å². The van der Waals surface area contributed by atoms with Crippen molar-refractivity contribution in [3.63, 3.8) is 0 Å². The smallest absolute Gasteiger partial charge is 0.433 e. The summed E-state index contributed by atoms with van der Waals surface area (Å²) in [6.07, 6.45) is 3.34. The molecule has 10 heteroatoms. The van der Waals surface area contributed by atoms with Gasteiger partial charge < -0.3 is 9.64 Å². The van der Waals surface area contributed by atoms with Gasteiger partial charge in [-0.15, -0.1) is 0 Å². The number of piperazine rings is 1. The number of benzene rings is 1. The number of methoxy groups -OCH3 is 1. The Bertz CT molecular complexity index is 1370. The van der Waals surface area contributed by atoms with Crippen LogP contribution in [0.2, 0.25) is 0 Å². The number of carbonyl (C=O) groups is 1. The molecule has 1 amide bonds. The molecule has 4 bridgehead atoms. The van der Waals surface area contributed by atoms with Crippen LogP contribution in [0.3, 0.4) is 0 Å². The lowest BCUT2D eigenvalue weighted by Crippen LogP contribution is -2.64. The third-order valence-electron chi connectivity index (χ3n) is 9.57. The molecule has 2 aromatic heterocycles. The molecule has 5 aliphatic rings. The molecular weight excluding hydrogens is 507 g/mol. The van der Waals surface area contributed by atoms with Crippen molar-refractivity contribution in [2.75, 3.05) is 33.3 Å². The number of hydrogen-bond acceptors (Lipinski definition) is 5. The highest BCUT2D eigenvalue weighted by atomic mass is 19.4. The predicted octanol–water partition coefficient (Wildman–Crippen LogP) is 5.15. The zero-order valence-electron chi connectivity index (χ0n) is 22.0. The van der Waals surface area contributed by atoms with Gasteiger partial charge in [0.05, 0.1) is 12.8 Å². The van der Waals surface area contributed by atoms with Crippen LogP contribution in [0.15, 0.2) is 36.4 Å². The Hall–Kier alpha value is -3.14. The van der Waals surface area contributed by atoms with E-state index in [-0.39, 0.29) is 28.5 Å². The van der Waals surface area contributed by atoms with Crippen LogP contribution < -0.4 is 4.74 Å². The second kappa shape index (κ2) is 8.94. The maximum Gasteiger partial charge on any atom is 0.433 e. The summed E-state index contributed by atoms with van der Waals surface area (Å²) in [5.74, 6) is 2.81. The van der Waals surface area contributed by atoms with Gasteiger partial charge in [-0.3, -0.25) is 9.69 Å². The molecule has 206 valence electrons. The minimum atomic E-state index is -4.67. The van der Waals surface area contributed by atoms with Crippen molar-refractivity contribution in [2.45, 2.75) is 50.2 Å². The molecule has 1 aliphatic heterocycles. The average molecular weight is 540 g/mol. The molecule has 0 unspecified atom stereocenters. The van der Waals surface area contributed by atoms with E-state index in [9.17, 15) is 18.0 Å². The fourth-order valence-corrected chi connectivity index (χ4v) is 8.19. The maximum absolute atomic E-state index is 14.0. The molecule has 5 fully saturated rings. The minimum absolute atomic E-state index is 0.00815. The zero-order chi connectivity index (χ0) is 26.9. The van der Waals surface area contributed by atoms with Gasteiger partial charge in [0.15, 0.2) is 17.0 Å². The largest absolute Gasteiger partial charge is 0.497 e. The molecule has 1 aromatic carbocycles. The Morgan fingerprint density at radius 3 is 2.13 bits per heavy atom. The second-order valence-corrected chi connectivity index (χ2v) is 12.0. The van der Waals surface area contributed by atoms with Crippen LogP contribution in [0.5, 0.6) is 5.75 Å². The first-order chi connectivity index (χ1) is 18.7. The second-order valence-electron chi connectivity index (χ2n) is 12.0. The summed E-state index contributed by atoms with van der Waals surface area (Å²) in [5, 5.41) is 4.10. The number of amides is 1. The summed E-state index contributed by atoms with van der Waals surface area (Å²) >= 11 is 0. The molecule has 7 nitrogen and oxygen atoms in total. The molecule has 0 radical (unpaired) electrons. The summed E-state index contributed by atoms with van der Waals surface area (Å²) in [4.78, 5) is 22.2. The Morgan fingerprint density at radius 1 is 0.949 bits per heavy atom. The minimum Gasteiger partial charge on any atom is -0.497 e. The highest BCUT2D eigenvalue weighted by molar-refractivity contribution is 5.93. The number of hydrogen-bond donors (Lipinski definition) is 0. The molecule has 1 saturated heterocycles. The summed E-state index contributed by atoms with van der Waals surface area (Å²) in [6.45, 7) is 2.73. The zero-order valence-corrected chi connectivity index (χ0v) is 22.0. The van der Waals surface area contributed by atoms with E-state index in [1.165, 1.54) is 51.7 Å². The lowest BCUT2D eigenvalue weighted by molar-refractivity contribution is -0.142. The number of fused-ring (bicyclic) bond motifs is 1. The number of ether oxygens (including phenoxy) is 1. The van der Waals surface area contributed by atoms with E-state index in [4.69, 9.17) is 4.74 Å². The highest BCUT2D eigenvalue weighted by Crippen LogP contribution is 2.57. The van der Waals surface area contributed by atoms with Crippen molar-refractivity contribution in [2.24, 2.45) is 17.8 Å². The summed E-state index contributed by atoms with van der Waals surface area (Å²) in [7, 11) is 1.52. The van der Waals surface area contributed by atoms with E-state index in [0.29, 0.717) is 24.4 Å². The number of rotatable bonds is 4. The Kier molecular flexibility index (Phi) is 5.70. The van der Waals surface area contributed by atoms with Gasteiger partial charge in [0.1, 0.15) is 5.75 Å². The fraction of sp³-hybridized carbons (Fsp3) is 0.552. The van der Waals surface area contributed by atoms with E-state index in [2.05, 4.69) is 15.0 Å². The van der Waals surface area contributed by atoms with Gasteiger partial charge in [-0.1, -0.05) is 0 Å². The van der Waals surface area contributed by atoms with Crippen molar-refractivity contribution in [3.05, 3.63) is 47.8 Å². The van der Waals surface area contributed by atoms with Crippen LogP contribution >= 0.6 is 0 Å². The van der Waals surface area contributed by atoms with Crippen LogP contribution in [0.1, 0.15) is 54.7 Å². The summed E-state index contributed by atoms with van der Waals surface area (Å²) in [6, 6.07) is 9.00. The number of alkyl halides is 3. The quantitative estimate of drug-likeness (QED) is 0.459. The van der Waals surface area contributed by atoms with Crippen molar-refractivity contribution in [1.29, 1.82) is 0 Å². The van der Waals surface area contributed by atoms with Gasteiger partial charge in [0.2, 0.25) is 0 Å². The van der Waals surface area contributed by atoms with E-state index in [0.717, 1.165) is 41.4 Å². The highest BCUT2D eigenvalue weighted by Gasteiger charge is 2.53. The molecule has 0 atom stereocenters. The Labute approximate surface area is 224 Å². The molecule has 4 saturated carbocycles. The van der Waals surface area contributed by atoms with Crippen LogP contribution in [0.4, 0.5) is 13.2 Å². The molecule has 3 heterocycles. The van der Waals surface area contributed by atoms with E-state index in [1.54, 1.807) is 29.2 Å². The lowest BCUT2D eigenvalue weighted by Gasteiger charge is -2.61. The van der Waals surface area contributed by atoms with Gasteiger partial charge >= 0.3 is 6.18 Å². The Morgan fingerprint density at radius 2 is 1.56 bits per heavy atom. The first kappa shape index (κ1) is 24.9. The van der Waals surface area contributed by atoms with Gasteiger partial charge in [-0.2, -0.15) is 18.3 Å². The lowest BCUT2D eigenvalue weighted by atomic mass is 9.52. The van der Waals surface area contributed by atoms with Crippen LogP contribution in [0.25, 0.3) is 16.9 Å². The SMILES string of the molecule is COc1ccc(-c2cc(C(F)(F)F)n3nc(C(=O)N4CCN(C56CC7CC(CC(C7)C5)C6)CC4)cc3n2)cc1.